The van der Waals surface area contributed by atoms with Crippen molar-refractivity contribution in [1.82, 2.24) is 15.5 Å². The number of nitrogens with one attached hydrogen (secondary N) is 2. The molecular weight excluding hydrogens is 388 g/mol. The van der Waals surface area contributed by atoms with Crippen LogP contribution in [0.3, 0.4) is 0 Å². The topological polar surface area (TPSA) is 132 Å². The van der Waals surface area contributed by atoms with Crippen LogP contribution in [0.15, 0.2) is 24.3 Å². The molecule has 1 atom stereocenters. The number of carbonyl (C=O) groups excluding carboxylic acids is 3. The van der Waals surface area contributed by atoms with Gasteiger partial charge < -0.3 is 25.4 Å². The van der Waals surface area contributed by atoms with E-state index >= 15 is 0 Å². The van der Waals surface area contributed by atoms with Gasteiger partial charge in [-0.1, -0.05) is 12.1 Å². The Balaban J connectivity index is 3.17. The maximum Gasteiger partial charge on any atom is 0.408 e. The first-order chi connectivity index (χ1) is 13.7. The van der Waals surface area contributed by atoms with Gasteiger partial charge in [0.2, 0.25) is 11.8 Å². The Hall–Kier alpha value is -3.28. The van der Waals surface area contributed by atoms with Crippen molar-refractivity contribution in [3.05, 3.63) is 29.8 Å². The van der Waals surface area contributed by atoms with Crippen LogP contribution in [0.1, 0.15) is 53.1 Å². The molecule has 9 heteroatoms. The van der Waals surface area contributed by atoms with Gasteiger partial charge in [-0.15, -0.1) is 0 Å². The predicted molar refractivity (Wildman–Crippen MR) is 110 cm³/mol. The third-order valence-electron chi connectivity index (χ3n) is 3.59. The summed E-state index contributed by atoms with van der Waals surface area (Å²) in [6.07, 6.45) is -0.791. The van der Waals surface area contributed by atoms with E-state index in [2.05, 4.69) is 10.6 Å². The molecule has 30 heavy (non-hydrogen) atoms. The fourth-order valence-corrected chi connectivity index (χ4v) is 2.57. The van der Waals surface area contributed by atoms with Gasteiger partial charge >= 0.3 is 6.09 Å². The van der Waals surface area contributed by atoms with E-state index < -0.39 is 48.2 Å². The number of phenolic OH excluding ortho intramolecular Hbond substituents is 1. The van der Waals surface area contributed by atoms with Crippen molar-refractivity contribution in [2.75, 3.05) is 13.1 Å². The second-order valence-corrected chi connectivity index (χ2v) is 8.77. The fraction of sp³-hybridized carbons (Fsp3) is 0.524. The second-order valence-electron chi connectivity index (χ2n) is 8.77. The summed E-state index contributed by atoms with van der Waals surface area (Å²) in [5, 5.41) is 24.2. The molecule has 9 nitrogen and oxygen atoms in total. The van der Waals surface area contributed by atoms with Gasteiger partial charge in [0.15, 0.2) is 0 Å². The molecule has 0 heterocycles. The lowest BCUT2D eigenvalue weighted by Crippen LogP contribution is -2.51. The molecule has 164 valence electrons. The van der Waals surface area contributed by atoms with Crippen molar-refractivity contribution >= 4 is 17.9 Å². The molecule has 0 spiro atoms. The number of nitriles is 1. The molecule has 0 aromatic heterocycles. The van der Waals surface area contributed by atoms with Crippen LogP contribution >= 0.6 is 0 Å². The van der Waals surface area contributed by atoms with Gasteiger partial charge in [0.1, 0.15) is 30.5 Å². The second kappa shape index (κ2) is 9.96. The SMILES string of the molecule is CC(C)(C)NC(=O)C(c1cccc(O)c1)N(CC#N)C(=O)CNC(=O)OC(C)(C)C. The van der Waals surface area contributed by atoms with Crippen LogP contribution in [0, 0.1) is 11.3 Å². The van der Waals surface area contributed by atoms with Gasteiger partial charge in [-0.3, -0.25) is 9.59 Å². The summed E-state index contributed by atoms with van der Waals surface area (Å²) in [6.45, 7) is 9.55. The molecule has 0 fully saturated rings. The lowest BCUT2D eigenvalue weighted by atomic mass is 10.0. The third-order valence-corrected chi connectivity index (χ3v) is 3.59. The van der Waals surface area contributed by atoms with E-state index in [0.29, 0.717) is 5.56 Å². The van der Waals surface area contributed by atoms with Crippen molar-refractivity contribution in [1.29, 1.82) is 5.26 Å². The Morgan fingerprint density at radius 1 is 1.20 bits per heavy atom. The number of rotatable bonds is 6. The van der Waals surface area contributed by atoms with E-state index in [1.54, 1.807) is 47.6 Å². The fourth-order valence-electron chi connectivity index (χ4n) is 2.57. The predicted octanol–water partition coefficient (Wildman–Crippen LogP) is 2.22. The Morgan fingerprint density at radius 2 is 1.83 bits per heavy atom. The summed E-state index contributed by atoms with van der Waals surface area (Å²) in [5.74, 6) is -1.26. The number of nitrogens with zero attached hydrogens (tertiary/aromatic N) is 2. The number of carbonyl (C=O) groups is 3. The summed E-state index contributed by atoms with van der Waals surface area (Å²) in [4.78, 5) is 38.8. The highest BCUT2D eigenvalue weighted by molar-refractivity contribution is 5.91. The molecule has 0 bridgehead atoms. The van der Waals surface area contributed by atoms with Gasteiger partial charge in [-0.2, -0.15) is 5.26 Å². The number of amides is 3. The lowest BCUT2D eigenvalue weighted by Gasteiger charge is -2.32. The van der Waals surface area contributed by atoms with E-state index in [9.17, 15) is 24.8 Å². The maximum absolute atomic E-state index is 13.0. The summed E-state index contributed by atoms with van der Waals surface area (Å²) in [7, 11) is 0. The number of phenols is 1. The molecule has 1 rings (SSSR count). The molecule has 3 N–H and O–H groups in total. The molecule has 0 saturated heterocycles. The van der Waals surface area contributed by atoms with Crippen LogP contribution in [0.4, 0.5) is 4.79 Å². The highest BCUT2D eigenvalue weighted by Gasteiger charge is 2.33. The Morgan fingerprint density at radius 3 is 2.33 bits per heavy atom. The number of ether oxygens (including phenoxy) is 1. The number of hydrogen-bond donors (Lipinski definition) is 3. The summed E-state index contributed by atoms with van der Waals surface area (Å²) in [5.41, 5.74) is -1.00. The van der Waals surface area contributed by atoms with Gasteiger partial charge in [-0.05, 0) is 59.2 Å². The molecule has 0 aliphatic carbocycles. The van der Waals surface area contributed by atoms with Gasteiger partial charge in [-0.25, -0.2) is 4.79 Å². The molecule has 0 radical (unpaired) electrons. The van der Waals surface area contributed by atoms with Crippen molar-refractivity contribution in [2.24, 2.45) is 0 Å². The average Bonchev–Trinajstić information content (AvgIpc) is 2.56. The number of benzene rings is 1. The van der Waals surface area contributed by atoms with Crippen LogP contribution in [0.2, 0.25) is 0 Å². The highest BCUT2D eigenvalue weighted by Crippen LogP contribution is 2.25. The largest absolute Gasteiger partial charge is 0.508 e. The minimum atomic E-state index is -1.18. The van der Waals surface area contributed by atoms with Crippen molar-refractivity contribution in [2.45, 2.75) is 58.7 Å². The first kappa shape index (κ1) is 24.8. The standard InChI is InChI=1S/C21H30N4O5/c1-20(2,3)24-18(28)17(14-8-7-9-15(26)12-14)25(11-10-22)16(27)13-23-19(29)30-21(4,5)6/h7-9,12,17,26H,11,13H2,1-6H3,(H,23,29)(H,24,28). The van der Waals surface area contributed by atoms with Crippen LogP contribution in [0.5, 0.6) is 5.75 Å². The molecule has 0 aliphatic heterocycles. The third kappa shape index (κ3) is 8.39. The summed E-state index contributed by atoms with van der Waals surface area (Å²) in [6, 6.07) is 6.60. The molecule has 1 aromatic carbocycles. The molecule has 3 amide bonds. The normalized spacial score (nSPS) is 12.3. The highest BCUT2D eigenvalue weighted by atomic mass is 16.6. The number of aromatic hydroxyl groups is 1. The van der Waals surface area contributed by atoms with Crippen molar-refractivity contribution in [3.63, 3.8) is 0 Å². The van der Waals surface area contributed by atoms with Crippen LogP contribution in [-0.2, 0) is 14.3 Å². The molecule has 0 saturated carbocycles. The van der Waals surface area contributed by atoms with Crippen molar-refractivity contribution in [3.8, 4) is 11.8 Å². The summed E-state index contributed by atoms with van der Waals surface area (Å²) < 4.78 is 5.10. The van der Waals surface area contributed by atoms with Crippen LogP contribution in [-0.4, -0.2) is 52.1 Å². The van der Waals surface area contributed by atoms with Crippen LogP contribution < -0.4 is 10.6 Å². The maximum atomic E-state index is 13.0. The van der Waals surface area contributed by atoms with E-state index in [-0.39, 0.29) is 5.75 Å². The zero-order chi connectivity index (χ0) is 23.1. The number of alkyl carbamates (subject to hydrolysis) is 1. The minimum absolute atomic E-state index is 0.0858. The molecular formula is C21H30N4O5. The molecule has 1 aromatic rings. The zero-order valence-electron chi connectivity index (χ0n) is 18.3. The minimum Gasteiger partial charge on any atom is -0.508 e. The van der Waals surface area contributed by atoms with E-state index in [0.717, 1.165) is 4.90 Å². The smallest absolute Gasteiger partial charge is 0.408 e. The van der Waals surface area contributed by atoms with E-state index in [4.69, 9.17) is 4.74 Å². The molecule has 1 unspecified atom stereocenters. The Bertz CT molecular complexity index is 818. The van der Waals surface area contributed by atoms with Gasteiger partial charge in [0, 0.05) is 5.54 Å². The first-order valence-electron chi connectivity index (χ1n) is 9.48. The lowest BCUT2D eigenvalue weighted by molar-refractivity contribution is -0.140. The first-order valence-corrected chi connectivity index (χ1v) is 9.48. The van der Waals surface area contributed by atoms with Gasteiger partial charge in [0.05, 0.1) is 6.07 Å². The Kier molecular flexibility index (Phi) is 8.22. The van der Waals surface area contributed by atoms with E-state index in [1.807, 2.05) is 6.07 Å². The zero-order valence-corrected chi connectivity index (χ0v) is 18.3. The van der Waals surface area contributed by atoms with Crippen LogP contribution in [0.25, 0.3) is 0 Å². The Labute approximate surface area is 177 Å². The molecule has 0 aliphatic rings. The monoisotopic (exact) mass is 418 g/mol. The van der Waals surface area contributed by atoms with Crippen molar-refractivity contribution < 1.29 is 24.2 Å². The van der Waals surface area contributed by atoms with E-state index in [1.165, 1.54) is 18.2 Å². The van der Waals surface area contributed by atoms with Gasteiger partial charge in [0.25, 0.3) is 0 Å². The quantitative estimate of drug-likeness (QED) is 0.607. The summed E-state index contributed by atoms with van der Waals surface area (Å²) >= 11 is 0. The number of hydrogen-bond acceptors (Lipinski definition) is 6. The average molecular weight is 418 g/mol.